The number of carbonyl (C=O) groups is 1. The van der Waals surface area contributed by atoms with Gasteiger partial charge in [-0.3, -0.25) is 25.0 Å². The average molecular weight is 347 g/mol. The van der Waals surface area contributed by atoms with Gasteiger partial charge in [0.05, 0.1) is 21.5 Å². The summed E-state index contributed by atoms with van der Waals surface area (Å²) in [6, 6.07) is 10.4. The topological polar surface area (TPSA) is 115 Å². The van der Waals surface area contributed by atoms with Crippen molar-refractivity contribution in [1.82, 2.24) is 5.32 Å². The zero-order chi connectivity index (χ0) is 17.7. The molecule has 124 valence electrons. The fourth-order valence-corrected chi connectivity index (χ4v) is 2.37. The maximum absolute atomic E-state index is 12.1. The van der Waals surface area contributed by atoms with E-state index in [-0.39, 0.29) is 12.1 Å². The Morgan fingerprint density at radius 2 is 1.58 bits per heavy atom. The van der Waals surface area contributed by atoms with Gasteiger partial charge in [-0.2, -0.15) is 0 Å². The third-order valence-electron chi connectivity index (χ3n) is 3.20. The highest BCUT2D eigenvalue weighted by atomic mass is 32.2. The summed E-state index contributed by atoms with van der Waals surface area (Å²) >= 11 is 1.59. The summed E-state index contributed by atoms with van der Waals surface area (Å²) in [6.45, 7) is 0.212. The molecule has 2 aromatic carbocycles. The molecule has 0 aliphatic heterocycles. The van der Waals surface area contributed by atoms with Gasteiger partial charge in [0.2, 0.25) is 0 Å². The molecule has 8 nitrogen and oxygen atoms in total. The van der Waals surface area contributed by atoms with Crippen molar-refractivity contribution < 1.29 is 14.6 Å². The summed E-state index contributed by atoms with van der Waals surface area (Å²) in [5.74, 6) is -0.615. The van der Waals surface area contributed by atoms with Crippen molar-refractivity contribution in [1.29, 1.82) is 0 Å². The summed E-state index contributed by atoms with van der Waals surface area (Å²) in [4.78, 5) is 33.3. The van der Waals surface area contributed by atoms with Gasteiger partial charge in [-0.25, -0.2) is 0 Å². The van der Waals surface area contributed by atoms with Crippen LogP contribution < -0.4 is 5.32 Å². The molecule has 0 heterocycles. The first-order valence-corrected chi connectivity index (χ1v) is 7.98. The molecule has 0 saturated heterocycles. The van der Waals surface area contributed by atoms with Crippen LogP contribution in [0.5, 0.6) is 0 Å². The molecule has 1 N–H and O–H groups in total. The number of rotatable bonds is 6. The predicted octanol–water partition coefficient (Wildman–Crippen LogP) is 3.15. The summed E-state index contributed by atoms with van der Waals surface area (Å²) in [5, 5.41) is 24.3. The van der Waals surface area contributed by atoms with Crippen LogP contribution in [0.25, 0.3) is 0 Å². The Labute approximate surface area is 141 Å². The third-order valence-corrected chi connectivity index (χ3v) is 3.94. The molecule has 0 aliphatic carbocycles. The molecule has 0 saturated carbocycles. The van der Waals surface area contributed by atoms with E-state index in [4.69, 9.17) is 0 Å². The van der Waals surface area contributed by atoms with Gasteiger partial charge in [-0.05, 0) is 24.0 Å². The van der Waals surface area contributed by atoms with Crippen LogP contribution >= 0.6 is 11.8 Å². The Morgan fingerprint density at radius 3 is 2.04 bits per heavy atom. The first-order valence-electron chi connectivity index (χ1n) is 6.75. The van der Waals surface area contributed by atoms with Crippen LogP contribution in [0.3, 0.4) is 0 Å². The van der Waals surface area contributed by atoms with Crippen molar-refractivity contribution in [2.45, 2.75) is 11.4 Å². The molecule has 0 spiro atoms. The number of thioether (sulfide) groups is 1. The number of non-ortho nitro benzene ring substituents is 2. The molecule has 2 rings (SSSR count). The van der Waals surface area contributed by atoms with Crippen LogP contribution in [0, 0.1) is 20.2 Å². The number of nitro benzene ring substituents is 2. The molecule has 0 bridgehead atoms. The normalized spacial score (nSPS) is 10.2. The molecule has 0 aliphatic rings. The van der Waals surface area contributed by atoms with E-state index in [1.54, 1.807) is 11.8 Å². The number of hydrogen-bond acceptors (Lipinski definition) is 6. The molecule has 0 aromatic heterocycles. The number of carbonyl (C=O) groups excluding carboxylic acids is 1. The van der Waals surface area contributed by atoms with Crippen molar-refractivity contribution in [2.75, 3.05) is 6.26 Å². The van der Waals surface area contributed by atoms with E-state index in [1.165, 1.54) is 0 Å². The highest BCUT2D eigenvalue weighted by molar-refractivity contribution is 7.98. The van der Waals surface area contributed by atoms with Gasteiger partial charge in [0.25, 0.3) is 17.3 Å². The number of amides is 1. The van der Waals surface area contributed by atoms with Gasteiger partial charge in [0.1, 0.15) is 0 Å². The van der Waals surface area contributed by atoms with Crippen LogP contribution in [0.4, 0.5) is 11.4 Å². The van der Waals surface area contributed by atoms with E-state index in [2.05, 4.69) is 5.32 Å². The smallest absolute Gasteiger partial charge is 0.277 e. The number of hydrogen-bond donors (Lipinski definition) is 1. The molecular weight excluding hydrogens is 334 g/mol. The van der Waals surface area contributed by atoms with Gasteiger partial charge >= 0.3 is 0 Å². The first kappa shape index (κ1) is 17.4. The minimum Gasteiger partial charge on any atom is -0.348 e. The second kappa shape index (κ2) is 7.55. The Balaban J connectivity index is 2.16. The Kier molecular flexibility index (Phi) is 5.48. The highest BCUT2D eigenvalue weighted by Gasteiger charge is 2.19. The van der Waals surface area contributed by atoms with E-state index in [0.717, 1.165) is 28.7 Å². The van der Waals surface area contributed by atoms with Crippen molar-refractivity contribution in [3.05, 3.63) is 73.8 Å². The lowest BCUT2D eigenvalue weighted by molar-refractivity contribution is -0.394. The van der Waals surface area contributed by atoms with Crippen molar-refractivity contribution in [2.24, 2.45) is 0 Å². The number of nitrogens with one attached hydrogen (secondary N) is 1. The number of nitrogens with zero attached hydrogens (tertiary/aromatic N) is 2. The number of nitro groups is 2. The Hall–Kier alpha value is -2.94. The van der Waals surface area contributed by atoms with Gasteiger partial charge < -0.3 is 5.32 Å². The quantitative estimate of drug-likeness (QED) is 0.487. The van der Waals surface area contributed by atoms with Crippen LogP contribution in [-0.2, 0) is 6.54 Å². The van der Waals surface area contributed by atoms with E-state index in [9.17, 15) is 25.0 Å². The second-order valence-corrected chi connectivity index (χ2v) is 5.66. The molecule has 2 aromatic rings. The molecular formula is C15H13N3O5S. The second-order valence-electron chi connectivity index (χ2n) is 4.78. The van der Waals surface area contributed by atoms with E-state index in [1.807, 2.05) is 30.5 Å². The molecule has 9 heteroatoms. The Morgan fingerprint density at radius 1 is 1.04 bits per heavy atom. The van der Waals surface area contributed by atoms with Crippen molar-refractivity contribution >= 4 is 29.0 Å². The van der Waals surface area contributed by atoms with Crippen LogP contribution in [-0.4, -0.2) is 22.0 Å². The van der Waals surface area contributed by atoms with E-state index >= 15 is 0 Å². The predicted molar refractivity (Wildman–Crippen MR) is 89.1 cm³/mol. The standard InChI is InChI=1S/C15H13N3O5S/c1-24-14-4-2-10(3-5-14)9-16-15(19)11-6-12(17(20)21)8-13(7-11)18(22)23/h2-8H,9H2,1H3,(H,16,19). The van der Waals surface area contributed by atoms with Crippen LogP contribution in [0.15, 0.2) is 47.4 Å². The zero-order valence-corrected chi connectivity index (χ0v) is 13.4. The molecule has 24 heavy (non-hydrogen) atoms. The maximum atomic E-state index is 12.1. The number of benzene rings is 2. The zero-order valence-electron chi connectivity index (χ0n) is 12.6. The molecule has 0 radical (unpaired) electrons. The summed E-state index contributed by atoms with van der Waals surface area (Å²) in [5.41, 5.74) is -0.282. The van der Waals surface area contributed by atoms with Gasteiger partial charge in [0, 0.05) is 23.6 Å². The maximum Gasteiger partial charge on any atom is 0.277 e. The van der Waals surface area contributed by atoms with E-state index in [0.29, 0.717) is 0 Å². The van der Waals surface area contributed by atoms with Crippen molar-refractivity contribution in [3.8, 4) is 0 Å². The first-order chi connectivity index (χ1) is 11.4. The SMILES string of the molecule is CSc1ccc(CNC(=O)c2cc([N+](=O)[O-])cc([N+](=O)[O-])c2)cc1. The molecule has 0 unspecified atom stereocenters. The van der Waals surface area contributed by atoms with E-state index < -0.39 is 27.1 Å². The van der Waals surface area contributed by atoms with Crippen molar-refractivity contribution in [3.63, 3.8) is 0 Å². The summed E-state index contributed by atoms with van der Waals surface area (Å²) in [7, 11) is 0. The average Bonchev–Trinajstić information content (AvgIpc) is 2.59. The lowest BCUT2D eigenvalue weighted by atomic mass is 10.1. The summed E-state index contributed by atoms with van der Waals surface area (Å²) < 4.78 is 0. The van der Waals surface area contributed by atoms with Gasteiger partial charge in [-0.1, -0.05) is 12.1 Å². The summed E-state index contributed by atoms with van der Waals surface area (Å²) in [6.07, 6.45) is 1.95. The van der Waals surface area contributed by atoms with Gasteiger partial charge in [-0.15, -0.1) is 11.8 Å². The lowest BCUT2D eigenvalue weighted by Crippen LogP contribution is -2.23. The third kappa shape index (κ3) is 4.29. The fourth-order valence-electron chi connectivity index (χ4n) is 1.96. The van der Waals surface area contributed by atoms with Gasteiger partial charge in [0.15, 0.2) is 0 Å². The fraction of sp³-hybridized carbons (Fsp3) is 0.133. The molecule has 1 amide bonds. The molecule has 0 atom stereocenters. The molecule has 0 fully saturated rings. The minimum atomic E-state index is -0.773. The largest absolute Gasteiger partial charge is 0.348 e. The van der Waals surface area contributed by atoms with Crippen LogP contribution in [0.1, 0.15) is 15.9 Å². The monoisotopic (exact) mass is 347 g/mol. The Bertz CT molecular complexity index is 760. The highest BCUT2D eigenvalue weighted by Crippen LogP contribution is 2.22. The minimum absolute atomic E-state index is 0.128. The lowest BCUT2D eigenvalue weighted by Gasteiger charge is -2.06. The van der Waals surface area contributed by atoms with Crippen LogP contribution in [0.2, 0.25) is 0 Å².